The molecule has 0 bridgehead atoms. The number of morpholine rings is 1. The molecule has 214 valence electrons. The fourth-order valence-corrected chi connectivity index (χ4v) is 6.16. The predicted octanol–water partition coefficient (Wildman–Crippen LogP) is 3.46. The second-order valence-electron chi connectivity index (χ2n) is 10.1. The first-order valence-corrected chi connectivity index (χ1v) is 15.4. The molecule has 4 rings (SSSR count). The molecule has 1 saturated heterocycles. The monoisotopic (exact) mass is 560 g/mol. The van der Waals surface area contributed by atoms with E-state index in [1.807, 2.05) is 0 Å². The Hall–Kier alpha value is -2.80. The topological polar surface area (TPSA) is 146 Å². The predicted molar refractivity (Wildman–Crippen MR) is 151 cm³/mol. The summed E-state index contributed by atoms with van der Waals surface area (Å²) in [6, 6.07) is 6.24. The largest absolute Gasteiger partial charge is 0.393 e. The summed E-state index contributed by atoms with van der Waals surface area (Å²) < 4.78 is 32.4. The van der Waals surface area contributed by atoms with Crippen LogP contribution in [0.25, 0.3) is 0 Å². The van der Waals surface area contributed by atoms with Crippen LogP contribution in [0.1, 0.15) is 68.6 Å². The fraction of sp³-hybridized carbons (Fsp3) is 0.593. The third-order valence-corrected chi connectivity index (χ3v) is 9.02. The number of hydrogen-bond acceptors (Lipinski definition) is 9. The van der Waals surface area contributed by atoms with Crippen LogP contribution < -0.4 is 16.0 Å². The van der Waals surface area contributed by atoms with E-state index in [0.717, 1.165) is 38.6 Å². The van der Waals surface area contributed by atoms with E-state index in [4.69, 9.17) is 4.74 Å². The van der Waals surface area contributed by atoms with Crippen LogP contribution in [-0.2, 0) is 14.8 Å². The molecule has 0 radical (unpaired) electrons. The van der Waals surface area contributed by atoms with Crippen molar-refractivity contribution in [2.75, 3.05) is 48.8 Å². The molecule has 39 heavy (non-hydrogen) atoms. The summed E-state index contributed by atoms with van der Waals surface area (Å²) in [6.45, 7) is 4.31. The Labute approximate surface area is 230 Å². The van der Waals surface area contributed by atoms with Gasteiger partial charge in [-0.1, -0.05) is 26.2 Å². The van der Waals surface area contributed by atoms with Gasteiger partial charge in [-0.15, -0.1) is 0 Å². The van der Waals surface area contributed by atoms with Gasteiger partial charge in [0.2, 0.25) is 16.0 Å². The summed E-state index contributed by atoms with van der Waals surface area (Å²) in [5.74, 6) is 0.497. The van der Waals surface area contributed by atoms with Gasteiger partial charge >= 0.3 is 0 Å². The standard InChI is InChI=1S/C27H40N6O5S/c1-2-3-4-5-14-28-27-29-19-24(25(32-27)30-20-6-10-22(34)11-7-20)26(35)31-21-8-12-23(13-9-21)39(36,37)33-15-17-38-18-16-33/h8-9,12-13,19-20,22,34H,2-7,10-11,14-18H2,1H3,(H,31,35)(H2,28,29,30,32)/t20-,22-. The molecule has 1 saturated carbocycles. The van der Waals surface area contributed by atoms with Gasteiger partial charge in [-0.25, -0.2) is 13.4 Å². The zero-order chi connectivity index (χ0) is 27.7. The van der Waals surface area contributed by atoms with E-state index in [1.54, 1.807) is 12.1 Å². The van der Waals surface area contributed by atoms with Crippen molar-refractivity contribution in [2.45, 2.75) is 75.3 Å². The highest BCUT2D eigenvalue weighted by molar-refractivity contribution is 7.89. The Morgan fingerprint density at radius 1 is 1.08 bits per heavy atom. The molecule has 1 aliphatic heterocycles. The molecule has 1 aromatic heterocycles. The fourth-order valence-electron chi connectivity index (χ4n) is 4.75. The first-order valence-electron chi connectivity index (χ1n) is 13.9. The Kier molecular flexibility index (Phi) is 10.5. The van der Waals surface area contributed by atoms with Gasteiger partial charge in [-0.05, 0) is 56.4 Å². The summed E-state index contributed by atoms with van der Waals surface area (Å²) in [5.41, 5.74) is 0.758. The zero-order valence-electron chi connectivity index (χ0n) is 22.6. The molecule has 1 aliphatic carbocycles. The number of unbranched alkanes of at least 4 members (excludes halogenated alkanes) is 3. The van der Waals surface area contributed by atoms with E-state index in [9.17, 15) is 18.3 Å². The summed E-state index contributed by atoms with van der Waals surface area (Å²) in [4.78, 5) is 22.4. The zero-order valence-corrected chi connectivity index (χ0v) is 23.4. The number of carbonyl (C=O) groups is 1. The average molecular weight is 561 g/mol. The quantitative estimate of drug-likeness (QED) is 0.287. The molecule has 2 aromatic rings. The number of hydrogen-bond donors (Lipinski definition) is 4. The van der Waals surface area contributed by atoms with Crippen molar-refractivity contribution < 1.29 is 23.1 Å². The first kappa shape index (κ1) is 29.2. The number of benzene rings is 1. The number of sulfonamides is 1. The van der Waals surface area contributed by atoms with Gasteiger partial charge in [0.25, 0.3) is 5.91 Å². The Morgan fingerprint density at radius 3 is 2.49 bits per heavy atom. The SMILES string of the molecule is CCCCCCNc1ncc(C(=O)Nc2ccc(S(=O)(=O)N3CCOCC3)cc2)c(N[C@H]2CC[C@H](O)CC2)n1. The minimum atomic E-state index is -3.62. The van der Waals surface area contributed by atoms with Crippen molar-refractivity contribution in [1.82, 2.24) is 14.3 Å². The third kappa shape index (κ3) is 8.10. The number of aliphatic hydroxyl groups is 1. The second kappa shape index (κ2) is 14.0. The third-order valence-electron chi connectivity index (χ3n) is 7.10. The van der Waals surface area contributed by atoms with Crippen molar-refractivity contribution in [3.63, 3.8) is 0 Å². The molecule has 1 amide bonds. The summed E-state index contributed by atoms with van der Waals surface area (Å²) in [5, 5.41) is 19.4. The lowest BCUT2D eigenvalue weighted by atomic mass is 9.93. The molecular formula is C27H40N6O5S. The minimum Gasteiger partial charge on any atom is -0.393 e. The minimum absolute atomic E-state index is 0.0944. The molecule has 2 aliphatic rings. The summed E-state index contributed by atoms with van der Waals surface area (Å²) in [6.07, 6.45) is 8.68. The van der Waals surface area contributed by atoms with Gasteiger partial charge in [0, 0.05) is 37.6 Å². The van der Waals surface area contributed by atoms with E-state index in [1.165, 1.54) is 29.1 Å². The van der Waals surface area contributed by atoms with Crippen molar-refractivity contribution in [3.8, 4) is 0 Å². The van der Waals surface area contributed by atoms with Gasteiger partial charge in [-0.2, -0.15) is 9.29 Å². The van der Waals surface area contributed by atoms with Gasteiger partial charge in [0.15, 0.2) is 0 Å². The maximum Gasteiger partial charge on any atom is 0.260 e. The maximum atomic E-state index is 13.3. The molecule has 12 heteroatoms. The van der Waals surface area contributed by atoms with Crippen molar-refractivity contribution >= 4 is 33.4 Å². The van der Waals surface area contributed by atoms with Gasteiger partial charge in [-0.3, -0.25) is 4.79 Å². The van der Waals surface area contributed by atoms with Gasteiger partial charge in [0.1, 0.15) is 11.4 Å². The Morgan fingerprint density at radius 2 is 1.79 bits per heavy atom. The Bertz CT molecular complexity index is 1180. The average Bonchev–Trinajstić information content (AvgIpc) is 2.95. The highest BCUT2D eigenvalue weighted by atomic mass is 32.2. The number of anilines is 3. The van der Waals surface area contributed by atoms with Crippen LogP contribution in [0.3, 0.4) is 0 Å². The van der Waals surface area contributed by atoms with Gasteiger partial charge < -0.3 is 25.8 Å². The van der Waals surface area contributed by atoms with Crippen LogP contribution in [0.4, 0.5) is 17.5 Å². The molecule has 2 heterocycles. The van der Waals surface area contributed by atoms with Crippen LogP contribution in [0.2, 0.25) is 0 Å². The molecule has 11 nitrogen and oxygen atoms in total. The van der Waals surface area contributed by atoms with Crippen LogP contribution in [-0.4, -0.2) is 78.7 Å². The molecular weight excluding hydrogens is 520 g/mol. The van der Waals surface area contributed by atoms with Crippen molar-refractivity contribution in [1.29, 1.82) is 0 Å². The van der Waals surface area contributed by atoms with E-state index in [2.05, 4.69) is 32.8 Å². The van der Waals surface area contributed by atoms with E-state index >= 15 is 0 Å². The number of carbonyl (C=O) groups excluding carboxylic acids is 1. The highest BCUT2D eigenvalue weighted by Gasteiger charge is 2.27. The van der Waals surface area contributed by atoms with Crippen LogP contribution in [0.15, 0.2) is 35.4 Å². The number of rotatable bonds is 12. The van der Waals surface area contributed by atoms with Gasteiger partial charge in [0.05, 0.1) is 24.2 Å². The molecule has 0 atom stereocenters. The van der Waals surface area contributed by atoms with Crippen molar-refractivity contribution in [2.24, 2.45) is 0 Å². The molecule has 2 fully saturated rings. The normalized spacial score (nSPS) is 20.4. The summed E-state index contributed by atoms with van der Waals surface area (Å²) in [7, 11) is -3.62. The number of nitrogens with one attached hydrogen (secondary N) is 3. The molecule has 1 aromatic carbocycles. The number of nitrogens with zero attached hydrogens (tertiary/aromatic N) is 3. The van der Waals surface area contributed by atoms with E-state index in [0.29, 0.717) is 62.2 Å². The molecule has 4 N–H and O–H groups in total. The van der Waals surface area contributed by atoms with Crippen LogP contribution >= 0.6 is 0 Å². The smallest absolute Gasteiger partial charge is 0.260 e. The highest BCUT2D eigenvalue weighted by Crippen LogP contribution is 2.25. The lowest BCUT2D eigenvalue weighted by molar-refractivity contribution is 0.0730. The number of ether oxygens (including phenoxy) is 1. The first-order chi connectivity index (χ1) is 18.9. The van der Waals surface area contributed by atoms with E-state index in [-0.39, 0.29) is 17.0 Å². The number of aliphatic hydroxyl groups excluding tert-OH is 1. The maximum absolute atomic E-state index is 13.3. The van der Waals surface area contributed by atoms with Crippen LogP contribution in [0, 0.1) is 0 Å². The molecule has 0 spiro atoms. The second-order valence-corrected chi connectivity index (χ2v) is 12.0. The lowest BCUT2D eigenvalue weighted by Crippen LogP contribution is -2.40. The Balaban J connectivity index is 1.45. The molecule has 0 unspecified atom stereocenters. The van der Waals surface area contributed by atoms with Crippen molar-refractivity contribution in [3.05, 3.63) is 36.0 Å². The lowest BCUT2D eigenvalue weighted by Gasteiger charge is -2.27. The number of amides is 1. The number of aromatic nitrogens is 2. The van der Waals surface area contributed by atoms with E-state index < -0.39 is 15.9 Å². The van der Waals surface area contributed by atoms with Crippen LogP contribution in [0.5, 0.6) is 0 Å². The summed E-state index contributed by atoms with van der Waals surface area (Å²) >= 11 is 0.